The normalized spacial score (nSPS) is 20.8. The quantitative estimate of drug-likeness (QED) is 0.691. The van der Waals surface area contributed by atoms with E-state index in [4.69, 9.17) is 0 Å². The second kappa shape index (κ2) is 3.49. The van der Waals surface area contributed by atoms with Crippen LogP contribution in [0.2, 0.25) is 0 Å². The third kappa shape index (κ3) is 1.54. The Hall–Kier alpha value is -1.65. The number of nitrogens with zero attached hydrogens (tertiary/aromatic N) is 5. The number of anilines is 1. The minimum atomic E-state index is 0.207. The highest BCUT2D eigenvalue weighted by atomic mass is 15.6. The Morgan fingerprint density at radius 2 is 2.07 bits per heavy atom. The van der Waals surface area contributed by atoms with Crippen LogP contribution in [0.5, 0.6) is 0 Å². The van der Waals surface area contributed by atoms with E-state index in [1.165, 1.54) is 0 Å². The smallest absolute Gasteiger partial charge is 0.157 e. The van der Waals surface area contributed by atoms with Crippen molar-refractivity contribution in [3.63, 3.8) is 0 Å². The van der Waals surface area contributed by atoms with E-state index >= 15 is 0 Å². The molecule has 15 heavy (non-hydrogen) atoms. The Labute approximate surface area is 89.4 Å². The summed E-state index contributed by atoms with van der Waals surface area (Å²) >= 11 is 0. The van der Waals surface area contributed by atoms with Gasteiger partial charge in [-0.05, 0) is 20.8 Å². The predicted molar refractivity (Wildman–Crippen MR) is 59.6 cm³/mol. The molecule has 0 saturated heterocycles. The molecule has 1 aliphatic rings. The van der Waals surface area contributed by atoms with Crippen molar-refractivity contribution in [3.8, 4) is 0 Å². The predicted octanol–water partition coefficient (Wildman–Crippen LogP) is 1.22. The topological polar surface area (TPSA) is 44.6 Å². The molecule has 2 heterocycles. The number of aryl methyl sites for hydroxylation is 1. The van der Waals surface area contributed by atoms with Gasteiger partial charge in [-0.1, -0.05) is 0 Å². The first-order chi connectivity index (χ1) is 7.11. The van der Waals surface area contributed by atoms with Crippen LogP contribution in [0.25, 0.3) is 0 Å². The molecule has 0 aromatic carbocycles. The van der Waals surface area contributed by atoms with E-state index in [0.29, 0.717) is 0 Å². The Morgan fingerprint density at radius 3 is 2.60 bits per heavy atom. The van der Waals surface area contributed by atoms with Crippen molar-refractivity contribution in [2.24, 2.45) is 5.10 Å². The standard InChI is InChI=1S/C10H15N5/c1-7-5-11-6-12-10(7)15-9(3)14(4)8(2)13-15/h5-6,9H,1-4H3. The first kappa shape index (κ1) is 9.89. The van der Waals surface area contributed by atoms with Crippen molar-refractivity contribution in [3.05, 3.63) is 18.1 Å². The Bertz CT molecular complexity index is 401. The van der Waals surface area contributed by atoms with Gasteiger partial charge >= 0.3 is 0 Å². The number of hydrogen-bond donors (Lipinski definition) is 0. The van der Waals surface area contributed by atoms with Crippen molar-refractivity contribution >= 4 is 11.7 Å². The number of hydrogen-bond acceptors (Lipinski definition) is 5. The average Bonchev–Trinajstić information content (AvgIpc) is 2.47. The fourth-order valence-corrected chi connectivity index (χ4v) is 1.60. The second-order valence-electron chi connectivity index (χ2n) is 3.76. The highest BCUT2D eigenvalue weighted by Crippen LogP contribution is 2.23. The van der Waals surface area contributed by atoms with Gasteiger partial charge < -0.3 is 4.90 Å². The lowest BCUT2D eigenvalue weighted by Crippen LogP contribution is -2.36. The lowest BCUT2D eigenvalue weighted by molar-refractivity contribution is 0.409. The summed E-state index contributed by atoms with van der Waals surface area (Å²) in [6, 6.07) is 0. The van der Waals surface area contributed by atoms with Crippen LogP contribution in [-0.4, -0.2) is 33.9 Å². The zero-order chi connectivity index (χ0) is 11.0. The Morgan fingerprint density at radius 1 is 1.33 bits per heavy atom. The minimum Gasteiger partial charge on any atom is -0.340 e. The molecule has 1 aliphatic heterocycles. The van der Waals surface area contributed by atoms with Crippen LogP contribution in [0.4, 0.5) is 5.82 Å². The van der Waals surface area contributed by atoms with Crippen molar-refractivity contribution in [2.45, 2.75) is 26.9 Å². The molecule has 1 aromatic heterocycles. The van der Waals surface area contributed by atoms with E-state index in [2.05, 4.69) is 26.9 Å². The van der Waals surface area contributed by atoms with Gasteiger partial charge in [-0.25, -0.2) is 15.0 Å². The molecule has 0 N–H and O–H groups in total. The third-order valence-corrected chi connectivity index (χ3v) is 2.76. The number of rotatable bonds is 1. The summed E-state index contributed by atoms with van der Waals surface area (Å²) in [5, 5.41) is 6.39. The Balaban J connectivity index is 2.38. The highest BCUT2D eigenvalue weighted by molar-refractivity contribution is 5.83. The summed E-state index contributed by atoms with van der Waals surface area (Å²) in [6.07, 6.45) is 3.56. The van der Waals surface area contributed by atoms with Crippen LogP contribution in [-0.2, 0) is 0 Å². The molecule has 0 bridgehead atoms. The zero-order valence-electron chi connectivity index (χ0n) is 9.47. The van der Waals surface area contributed by atoms with Crippen molar-refractivity contribution in [2.75, 3.05) is 12.1 Å². The summed E-state index contributed by atoms with van der Waals surface area (Å²) in [5.41, 5.74) is 1.04. The summed E-state index contributed by atoms with van der Waals surface area (Å²) in [4.78, 5) is 10.4. The molecule has 80 valence electrons. The molecule has 0 saturated carbocycles. The van der Waals surface area contributed by atoms with E-state index in [1.54, 1.807) is 12.5 Å². The SMILES string of the molecule is CC1=NN(c2ncncc2C)C(C)N1C. The van der Waals surface area contributed by atoms with E-state index in [-0.39, 0.29) is 6.17 Å². The maximum absolute atomic E-state index is 4.47. The third-order valence-electron chi connectivity index (χ3n) is 2.76. The minimum absolute atomic E-state index is 0.207. The van der Waals surface area contributed by atoms with Crippen LogP contribution in [0.3, 0.4) is 0 Å². The van der Waals surface area contributed by atoms with E-state index in [9.17, 15) is 0 Å². The first-order valence-electron chi connectivity index (χ1n) is 4.95. The molecule has 1 unspecified atom stereocenters. The van der Waals surface area contributed by atoms with Crippen LogP contribution < -0.4 is 5.01 Å². The fraction of sp³-hybridized carbons (Fsp3) is 0.500. The van der Waals surface area contributed by atoms with Gasteiger partial charge in [-0.3, -0.25) is 0 Å². The first-order valence-corrected chi connectivity index (χ1v) is 4.95. The van der Waals surface area contributed by atoms with Crippen molar-refractivity contribution in [1.82, 2.24) is 14.9 Å². The summed E-state index contributed by atoms with van der Waals surface area (Å²) < 4.78 is 0. The average molecular weight is 205 g/mol. The Kier molecular flexibility index (Phi) is 2.30. The second-order valence-corrected chi connectivity index (χ2v) is 3.76. The molecule has 0 aliphatic carbocycles. The largest absolute Gasteiger partial charge is 0.340 e. The van der Waals surface area contributed by atoms with Gasteiger partial charge in [0.25, 0.3) is 0 Å². The number of aromatic nitrogens is 2. The molecular weight excluding hydrogens is 190 g/mol. The highest BCUT2D eigenvalue weighted by Gasteiger charge is 2.27. The molecule has 0 fully saturated rings. The molecule has 1 atom stereocenters. The van der Waals surface area contributed by atoms with Gasteiger partial charge in [0.15, 0.2) is 5.82 Å². The van der Waals surface area contributed by atoms with Crippen LogP contribution in [0.1, 0.15) is 19.4 Å². The van der Waals surface area contributed by atoms with Gasteiger partial charge in [-0.15, -0.1) is 0 Å². The fourth-order valence-electron chi connectivity index (χ4n) is 1.60. The van der Waals surface area contributed by atoms with Gasteiger partial charge in [0.2, 0.25) is 0 Å². The van der Waals surface area contributed by atoms with E-state index < -0.39 is 0 Å². The summed E-state index contributed by atoms with van der Waals surface area (Å²) in [7, 11) is 2.03. The molecular formula is C10H15N5. The molecule has 5 heteroatoms. The monoisotopic (exact) mass is 205 g/mol. The van der Waals surface area contributed by atoms with Gasteiger partial charge in [0, 0.05) is 18.8 Å². The molecule has 1 aromatic rings. The van der Waals surface area contributed by atoms with Gasteiger partial charge in [0.05, 0.1) is 0 Å². The van der Waals surface area contributed by atoms with Crippen LogP contribution in [0, 0.1) is 6.92 Å². The maximum Gasteiger partial charge on any atom is 0.157 e. The number of hydrazone groups is 1. The van der Waals surface area contributed by atoms with Gasteiger partial charge in [-0.2, -0.15) is 5.10 Å². The number of amidine groups is 1. The maximum atomic E-state index is 4.47. The summed E-state index contributed by atoms with van der Waals surface area (Å²) in [6.45, 7) is 6.08. The van der Waals surface area contributed by atoms with Crippen molar-refractivity contribution < 1.29 is 0 Å². The molecule has 0 radical (unpaired) electrons. The van der Waals surface area contributed by atoms with Crippen molar-refractivity contribution in [1.29, 1.82) is 0 Å². The van der Waals surface area contributed by atoms with Gasteiger partial charge in [0.1, 0.15) is 18.3 Å². The van der Waals surface area contributed by atoms with E-state index in [0.717, 1.165) is 17.2 Å². The summed E-state index contributed by atoms with van der Waals surface area (Å²) in [5.74, 6) is 1.88. The zero-order valence-corrected chi connectivity index (χ0v) is 9.47. The molecule has 2 rings (SSSR count). The molecule has 5 nitrogen and oxygen atoms in total. The van der Waals surface area contributed by atoms with Crippen LogP contribution in [0.15, 0.2) is 17.6 Å². The lowest BCUT2D eigenvalue weighted by Gasteiger charge is -2.24. The van der Waals surface area contributed by atoms with E-state index in [1.807, 2.05) is 25.9 Å². The van der Waals surface area contributed by atoms with Crippen LogP contribution >= 0.6 is 0 Å². The molecule has 0 spiro atoms. The lowest BCUT2D eigenvalue weighted by atomic mass is 10.3. The molecule has 0 amide bonds.